The van der Waals surface area contributed by atoms with E-state index in [1.807, 2.05) is 0 Å². The molecular formula is C10H19NO2. The molecule has 2 unspecified atom stereocenters. The van der Waals surface area contributed by atoms with Crippen LogP contribution in [0.25, 0.3) is 0 Å². The standard InChI is InChI=1S/C10H19NO2/c1-8(5-6-10(12)13)9-4-2-3-7-11-9/h8-9,11H,2-7H2,1H3,(H,12,13). The van der Waals surface area contributed by atoms with Crippen LogP contribution in [0.4, 0.5) is 0 Å². The first-order valence-electron chi connectivity index (χ1n) is 5.15. The van der Waals surface area contributed by atoms with Crippen LogP contribution in [-0.4, -0.2) is 23.7 Å². The summed E-state index contributed by atoms with van der Waals surface area (Å²) < 4.78 is 0. The lowest BCUT2D eigenvalue weighted by Crippen LogP contribution is -2.39. The summed E-state index contributed by atoms with van der Waals surface area (Å²) in [6.07, 6.45) is 4.87. The lowest BCUT2D eigenvalue weighted by molar-refractivity contribution is -0.137. The highest BCUT2D eigenvalue weighted by atomic mass is 16.4. The van der Waals surface area contributed by atoms with Crippen LogP contribution >= 0.6 is 0 Å². The number of carboxylic acid groups (broad SMARTS) is 1. The van der Waals surface area contributed by atoms with Gasteiger partial charge in [0.25, 0.3) is 0 Å². The molecular weight excluding hydrogens is 166 g/mol. The highest BCUT2D eigenvalue weighted by molar-refractivity contribution is 5.66. The molecule has 3 nitrogen and oxygen atoms in total. The summed E-state index contributed by atoms with van der Waals surface area (Å²) in [5, 5.41) is 12.0. The predicted molar refractivity (Wildman–Crippen MR) is 51.7 cm³/mol. The average molecular weight is 185 g/mol. The summed E-state index contributed by atoms with van der Waals surface area (Å²) >= 11 is 0. The Morgan fingerprint density at radius 3 is 2.92 bits per heavy atom. The number of rotatable bonds is 4. The molecule has 0 aromatic rings. The number of aliphatic carboxylic acids is 1. The minimum absolute atomic E-state index is 0.305. The quantitative estimate of drug-likeness (QED) is 0.700. The van der Waals surface area contributed by atoms with Gasteiger partial charge in [-0.05, 0) is 31.7 Å². The van der Waals surface area contributed by atoms with E-state index in [9.17, 15) is 4.79 Å². The van der Waals surface area contributed by atoms with E-state index in [2.05, 4.69) is 12.2 Å². The van der Waals surface area contributed by atoms with Crippen LogP contribution in [0.5, 0.6) is 0 Å². The van der Waals surface area contributed by atoms with Gasteiger partial charge < -0.3 is 10.4 Å². The number of piperidine rings is 1. The topological polar surface area (TPSA) is 49.3 Å². The monoisotopic (exact) mass is 185 g/mol. The number of hydrogen-bond acceptors (Lipinski definition) is 2. The smallest absolute Gasteiger partial charge is 0.303 e. The Kier molecular flexibility index (Phi) is 4.22. The van der Waals surface area contributed by atoms with Crippen LogP contribution in [0, 0.1) is 5.92 Å². The molecule has 1 aliphatic heterocycles. The molecule has 2 N–H and O–H groups in total. The third-order valence-electron chi connectivity index (χ3n) is 2.85. The molecule has 0 aromatic carbocycles. The SMILES string of the molecule is CC(CCC(=O)O)C1CCCCN1. The molecule has 0 saturated carbocycles. The van der Waals surface area contributed by atoms with Crippen molar-refractivity contribution in [1.82, 2.24) is 5.32 Å². The van der Waals surface area contributed by atoms with Crippen molar-refractivity contribution in [1.29, 1.82) is 0 Å². The largest absolute Gasteiger partial charge is 0.481 e. The Balaban J connectivity index is 2.20. The van der Waals surface area contributed by atoms with Gasteiger partial charge in [0.2, 0.25) is 0 Å². The fraction of sp³-hybridized carbons (Fsp3) is 0.900. The van der Waals surface area contributed by atoms with Gasteiger partial charge in [-0.25, -0.2) is 0 Å². The fourth-order valence-corrected chi connectivity index (χ4v) is 1.92. The molecule has 0 bridgehead atoms. The van der Waals surface area contributed by atoms with Crippen molar-refractivity contribution in [2.75, 3.05) is 6.54 Å². The summed E-state index contributed by atoms with van der Waals surface area (Å²) in [7, 11) is 0. The zero-order valence-electron chi connectivity index (χ0n) is 8.25. The minimum Gasteiger partial charge on any atom is -0.481 e. The van der Waals surface area contributed by atoms with Crippen molar-refractivity contribution in [2.24, 2.45) is 5.92 Å². The lowest BCUT2D eigenvalue weighted by atomic mass is 9.90. The van der Waals surface area contributed by atoms with Gasteiger partial charge in [0, 0.05) is 12.5 Å². The minimum atomic E-state index is -0.678. The van der Waals surface area contributed by atoms with Crippen molar-refractivity contribution in [3.63, 3.8) is 0 Å². The van der Waals surface area contributed by atoms with Crippen LogP contribution in [-0.2, 0) is 4.79 Å². The van der Waals surface area contributed by atoms with Gasteiger partial charge in [-0.1, -0.05) is 13.3 Å². The average Bonchev–Trinajstić information content (AvgIpc) is 2.15. The lowest BCUT2D eigenvalue weighted by Gasteiger charge is -2.28. The van der Waals surface area contributed by atoms with Gasteiger partial charge in [0.15, 0.2) is 0 Å². The van der Waals surface area contributed by atoms with E-state index in [0.717, 1.165) is 13.0 Å². The Labute approximate surface area is 79.5 Å². The van der Waals surface area contributed by atoms with E-state index in [1.165, 1.54) is 19.3 Å². The Hall–Kier alpha value is -0.570. The maximum Gasteiger partial charge on any atom is 0.303 e. The molecule has 13 heavy (non-hydrogen) atoms. The van der Waals surface area contributed by atoms with Gasteiger partial charge in [0.1, 0.15) is 0 Å². The molecule has 1 aliphatic rings. The molecule has 1 saturated heterocycles. The van der Waals surface area contributed by atoms with Gasteiger partial charge in [0.05, 0.1) is 0 Å². The third kappa shape index (κ3) is 3.77. The van der Waals surface area contributed by atoms with Crippen molar-refractivity contribution in [3.05, 3.63) is 0 Å². The van der Waals surface area contributed by atoms with Gasteiger partial charge in [-0.2, -0.15) is 0 Å². The van der Waals surface area contributed by atoms with E-state index in [1.54, 1.807) is 0 Å². The van der Waals surface area contributed by atoms with Crippen LogP contribution in [0.2, 0.25) is 0 Å². The predicted octanol–water partition coefficient (Wildman–Crippen LogP) is 1.63. The molecule has 0 radical (unpaired) electrons. The van der Waals surface area contributed by atoms with Crippen molar-refractivity contribution < 1.29 is 9.90 Å². The van der Waals surface area contributed by atoms with Crippen molar-refractivity contribution >= 4 is 5.97 Å². The van der Waals surface area contributed by atoms with E-state index < -0.39 is 5.97 Å². The zero-order valence-corrected chi connectivity index (χ0v) is 8.25. The number of hydrogen-bond donors (Lipinski definition) is 2. The Morgan fingerprint density at radius 2 is 2.38 bits per heavy atom. The first-order chi connectivity index (χ1) is 6.20. The second-order valence-electron chi connectivity index (χ2n) is 3.97. The number of nitrogens with one attached hydrogen (secondary N) is 1. The molecule has 0 aromatic heterocycles. The van der Waals surface area contributed by atoms with E-state index >= 15 is 0 Å². The summed E-state index contributed by atoms with van der Waals surface area (Å²) in [5.74, 6) is -0.181. The van der Waals surface area contributed by atoms with E-state index in [0.29, 0.717) is 18.4 Å². The first-order valence-corrected chi connectivity index (χ1v) is 5.15. The Morgan fingerprint density at radius 1 is 1.62 bits per heavy atom. The fourth-order valence-electron chi connectivity index (χ4n) is 1.92. The normalized spacial score (nSPS) is 25.5. The third-order valence-corrected chi connectivity index (χ3v) is 2.85. The summed E-state index contributed by atoms with van der Waals surface area (Å²) in [5.41, 5.74) is 0. The second-order valence-corrected chi connectivity index (χ2v) is 3.97. The number of carbonyl (C=O) groups is 1. The summed E-state index contributed by atoms with van der Waals surface area (Å²) in [6, 6.07) is 0.549. The second kappa shape index (κ2) is 5.22. The maximum absolute atomic E-state index is 10.4. The van der Waals surface area contributed by atoms with Crippen LogP contribution in [0.3, 0.4) is 0 Å². The zero-order chi connectivity index (χ0) is 9.68. The number of carboxylic acids is 1. The molecule has 76 valence electrons. The van der Waals surface area contributed by atoms with Crippen LogP contribution in [0.15, 0.2) is 0 Å². The van der Waals surface area contributed by atoms with Crippen LogP contribution in [0.1, 0.15) is 39.0 Å². The molecule has 3 heteroatoms. The van der Waals surface area contributed by atoms with Crippen molar-refractivity contribution in [3.8, 4) is 0 Å². The van der Waals surface area contributed by atoms with E-state index in [4.69, 9.17) is 5.11 Å². The Bertz CT molecular complexity index is 164. The molecule has 0 spiro atoms. The van der Waals surface area contributed by atoms with Crippen LogP contribution < -0.4 is 5.32 Å². The maximum atomic E-state index is 10.4. The molecule has 0 amide bonds. The van der Waals surface area contributed by atoms with Gasteiger partial charge >= 0.3 is 5.97 Å². The molecule has 0 aliphatic carbocycles. The van der Waals surface area contributed by atoms with Gasteiger partial charge in [-0.3, -0.25) is 4.79 Å². The molecule has 2 atom stereocenters. The molecule has 1 heterocycles. The molecule has 1 rings (SSSR count). The highest BCUT2D eigenvalue weighted by Crippen LogP contribution is 2.18. The highest BCUT2D eigenvalue weighted by Gasteiger charge is 2.19. The van der Waals surface area contributed by atoms with Gasteiger partial charge in [-0.15, -0.1) is 0 Å². The summed E-state index contributed by atoms with van der Waals surface area (Å²) in [4.78, 5) is 10.4. The van der Waals surface area contributed by atoms with Crippen molar-refractivity contribution in [2.45, 2.75) is 45.1 Å². The first kappa shape index (κ1) is 10.5. The summed E-state index contributed by atoms with van der Waals surface area (Å²) in [6.45, 7) is 3.24. The molecule has 1 fully saturated rings. The van der Waals surface area contributed by atoms with E-state index in [-0.39, 0.29) is 0 Å².